The van der Waals surface area contributed by atoms with Crippen molar-refractivity contribution >= 4 is 23.4 Å². The Morgan fingerprint density at radius 1 is 1.08 bits per heavy atom. The third kappa shape index (κ3) is 5.10. The van der Waals surface area contributed by atoms with Crippen LogP contribution in [0.4, 0.5) is 4.79 Å². The molecule has 0 radical (unpaired) electrons. The second-order valence-corrected chi connectivity index (χ2v) is 6.43. The van der Waals surface area contributed by atoms with Crippen molar-refractivity contribution in [3.63, 3.8) is 0 Å². The molecule has 1 atom stereocenters. The van der Waals surface area contributed by atoms with E-state index in [9.17, 15) is 9.59 Å². The molecule has 2 rings (SSSR count). The number of hydrogen-bond donors (Lipinski definition) is 2. The van der Waals surface area contributed by atoms with Crippen LogP contribution in [0, 0.1) is 0 Å². The Bertz CT molecular complexity index is 757. The summed E-state index contributed by atoms with van der Waals surface area (Å²) in [6, 6.07) is 12.8. The van der Waals surface area contributed by atoms with Gasteiger partial charge in [0.1, 0.15) is 6.04 Å². The number of alkyl carbamates (subject to hydrolysis) is 1. The molecule has 0 fully saturated rings. The number of methoxy groups -OCH3 is 2. The summed E-state index contributed by atoms with van der Waals surface area (Å²) in [4.78, 5) is 25.1. The number of esters is 1. The van der Waals surface area contributed by atoms with Gasteiger partial charge in [-0.3, -0.25) is 0 Å². The zero-order chi connectivity index (χ0) is 18.9. The highest BCUT2D eigenvalue weighted by Gasteiger charge is 2.28. The van der Waals surface area contributed by atoms with E-state index in [4.69, 9.17) is 9.47 Å². The lowest BCUT2D eigenvalue weighted by molar-refractivity contribution is -0.136. The van der Waals surface area contributed by atoms with Crippen LogP contribution in [0.3, 0.4) is 0 Å². The number of amides is 1. The highest BCUT2D eigenvalue weighted by molar-refractivity contribution is 7.10. The lowest BCUT2D eigenvalue weighted by Gasteiger charge is -2.21. The van der Waals surface area contributed by atoms with E-state index in [2.05, 4.69) is 10.6 Å². The van der Waals surface area contributed by atoms with Crippen LogP contribution in [0.5, 0.6) is 0 Å². The Hall–Kier alpha value is -2.80. The van der Waals surface area contributed by atoms with E-state index in [-0.39, 0.29) is 0 Å². The van der Waals surface area contributed by atoms with Crippen LogP contribution in [0.25, 0.3) is 0 Å². The second-order valence-electron chi connectivity index (χ2n) is 5.45. The average Bonchev–Trinajstić information content (AvgIpc) is 3.20. The molecule has 7 heteroatoms. The summed E-state index contributed by atoms with van der Waals surface area (Å²) in [6.45, 7) is 2.33. The summed E-state index contributed by atoms with van der Waals surface area (Å²) >= 11 is 1.43. The maximum absolute atomic E-state index is 12.5. The number of thiophene rings is 1. The van der Waals surface area contributed by atoms with E-state index in [0.29, 0.717) is 17.8 Å². The van der Waals surface area contributed by atoms with Gasteiger partial charge in [-0.1, -0.05) is 36.4 Å². The Labute approximate surface area is 156 Å². The van der Waals surface area contributed by atoms with Gasteiger partial charge in [0, 0.05) is 17.1 Å². The van der Waals surface area contributed by atoms with Crippen LogP contribution in [0.1, 0.15) is 23.4 Å². The van der Waals surface area contributed by atoms with Crippen molar-refractivity contribution in [3.05, 3.63) is 69.6 Å². The van der Waals surface area contributed by atoms with Crippen molar-refractivity contribution in [1.82, 2.24) is 10.6 Å². The van der Waals surface area contributed by atoms with Gasteiger partial charge >= 0.3 is 12.1 Å². The van der Waals surface area contributed by atoms with Crippen molar-refractivity contribution in [1.29, 1.82) is 0 Å². The third-order valence-corrected chi connectivity index (χ3v) is 4.71. The number of carbonyl (C=O) groups excluding carboxylic acids is 2. The Balaban J connectivity index is 2.34. The van der Waals surface area contributed by atoms with E-state index in [0.717, 1.165) is 10.4 Å². The van der Waals surface area contributed by atoms with Gasteiger partial charge in [-0.2, -0.15) is 0 Å². The number of ether oxygens (including phenoxy) is 2. The molecule has 1 heterocycles. The minimum Gasteiger partial charge on any atom is -0.466 e. The summed E-state index contributed by atoms with van der Waals surface area (Å²) in [5.41, 5.74) is 2.02. The van der Waals surface area contributed by atoms with Crippen molar-refractivity contribution < 1.29 is 19.1 Å². The molecule has 0 spiro atoms. The SMILES string of the molecule is COC(=O)N[C@H](C(C(=O)OC)=C(C)NCc1ccccc1)c1cccs1. The van der Waals surface area contributed by atoms with Gasteiger partial charge in [0.15, 0.2) is 0 Å². The standard InChI is InChI=1S/C19H22N2O4S/c1-13(20-12-14-8-5-4-6-9-14)16(18(22)24-2)17(21-19(23)25-3)15-10-7-11-26-15/h4-11,17,20H,12H2,1-3H3,(H,21,23)/t17-/m0/s1. The van der Waals surface area contributed by atoms with Gasteiger partial charge in [0.25, 0.3) is 0 Å². The topological polar surface area (TPSA) is 76.7 Å². The van der Waals surface area contributed by atoms with E-state index in [1.165, 1.54) is 25.6 Å². The summed E-state index contributed by atoms with van der Waals surface area (Å²) < 4.78 is 9.67. The lowest BCUT2D eigenvalue weighted by atomic mass is 10.0. The van der Waals surface area contributed by atoms with Crippen LogP contribution in [-0.4, -0.2) is 26.3 Å². The number of benzene rings is 1. The molecule has 6 nitrogen and oxygen atoms in total. The smallest absolute Gasteiger partial charge is 0.407 e. The first-order valence-electron chi connectivity index (χ1n) is 8.01. The largest absolute Gasteiger partial charge is 0.466 e. The number of nitrogens with one attached hydrogen (secondary N) is 2. The number of rotatable bonds is 7. The summed E-state index contributed by atoms with van der Waals surface area (Å²) in [5, 5.41) is 7.83. The molecule has 0 aliphatic heterocycles. The minimum absolute atomic E-state index is 0.330. The number of carbonyl (C=O) groups is 2. The monoisotopic (exact) mass is 374 g/mol. The van der Waals surface area contributed by atoms with Crippen LogP contribution >= 0.6 is 11.3 Å². The van der Waals surface area contributed by atoms with Gasteiger partial charge in [-0.05, 0) is 23.9 Å². The second kappa shape index (κ2) is 9.62. The molecule has 0 aliphatic rings. The molecule has 1 amide bonds. The van der Waals surface area contributed by atoms with E-state index in [1.807, 2.05) is 47.8 Å². The normalized spacial score (nSPS) is 12.6. The van der Waals surface area contributed by atoms with Crippen LogP contribution in [0.15, 0.2) is 59.1 Å². The summed E-state index contributed by atoms with van der Waals surface area (Å²) in [7, 11) is 2.60. The quantitative estimate of drug-likeness (QED) is 0.574. The Morgan fingerprint density at radius 3 is 2.38 bits per heavy atom. The predicted octanol–water partition coefficient (Wildman–Crippen LogP) is 3.38. The molecule has 0 bridgehead atoms. The molecular formula is C19H22N2O4S. The number of allylic oxidation sites excluding steroid dienone is 1. The van der Waals surface area contributed by atoms with Crippen LogP contribution in [0.2, 0.25) is 0 Å². The molecule has 138 valence electrons. The van der Waals surface area contributed by atoms with Gasteiger partial charge in [0.2, 0.25) is 0 Å². The van der Waals surface area contributed by atoms with E-state index >= 15 is 0 Å². The first-order valence-corrected chi connectivity index (χ1v) is 8.89. The molecule has 0 saturated carbocycles. The fourth-order valence-electron chi connectivity index (χ4n) is 2.44. The van der Waals surface area contributed by atoms with Crippen LogP contribution < -0.4 is 10.6 Å². The van der Waals surface area contributed by atoms with E-state index in [1.54, 1.807) is 6.92 Å². The van der Waals surface area contributed by atoms with Gasteiger partial charge in [-0.15, -0.1) is 11.3 Å². The minimum atomic E-state index is -0.668. The van der Waals surface area contributed by atoms with Crippen molar-refractivity contribution in [3.8, 4) is 0 Å². The fourth-order valence-corrected chi connectivity index (χ4v) is 3.23. The third-order valence-electron chi connectivity index (χ3n) is 3.77. The summed E-state index contributed by atoms with van der Waals surface area (Å²) in [5.74, 6) is -0.516. The average molecular weight is 374 g/mol. The number of hydrogen-bond acceptors (Lipinski definition) is 6. The molecule has 0 aliphatic carbocycles. The molecule has 2 N–H and O–H groups in total. The highest BCUT2D eigenvalue weighted by Crippen LogP contribution is 2.28. The Morgan fingerprint density at radius 2 is 1.81 bits per heavy atom. The molecule has 1 aromatic carbocycles. The van der Waals surface area contributed by atoms with Gasteiger partial charge in [0.05, 0.1) is 19.8 Å². The maximum atomic E-state index is 12.5. The van der Waals surface area contributed by atoms with Crippen LogP contribution in [-0.2, 0) is 20.8 Å². The van der Waals surface area contributed by atoms with E-state index < -0.39 is 18.1 Å². The van der Waals surface area contributed by atoms with Crippen molar-refractivity contribution in [2.24, 2.45) is 0 Å². The van der Waals surface area contributed by atoms with Gasteiger partial charge in [-0.25, -0.2) is 9.59 Å². The predicted molar refractivity (Wildman–Crippen MR) is 101 cm³/mol. The zero-order valence-electron chi connectivity index (χ0n) is 14.9. The first-order chi connectivity index (χ1) is 12.6. The lowest BCUT2D eigenvalue weighted by Crippen LogP contribution is -2.33. The molecule has 0 saturated heterocycles. The zero-order valence-corrected chi connectivity index (χ0v) is 15.8. The molecular weight excluding hydrogens is 352 g/mol. The first kappa shape index (κ1) is 19.5. The molecule has 1 aromatic heterocycles. The Kier molecular flexibility index (Phi) is 7.23. The fraction of sp³-hybridized carbons (Fsp3) is 0.263. The molecule has 26 heavy (non-hydrogen) atoms. The maximum Gasteiger partial charge on any atom is 0.407 e. The molecule has 2 aromatic rings. The highest BCUT2D eigenvalue weighted by atomic mass is 32.1. The van der Waals surface area contributed by atoms with Gasteiger partial charge < -0.3 is 20.1 Å². The molecule has 0 unspecified atom stereocenters. The van der Waals surface area contributed by atoms with Crippen molar-refractivity contribution in [2.75, 3.05) is 14.2 Å². The summed E-state index contributed by atoms with van der Waals surface area (Å²) in [6.07, 6.45) is -0.624. The van der Waals surface area contributed by atoms with Crippen molar-refractivity contribution in [2.45, 2.75) is 19.5 Å².